The molecule has 0 spiro atoms. The number of rotatable bonds is 2. The summed E-state index contributed by atoms with van der Waals surface area (Å²) in [4.78, 5) is 4.06. The molecule has 1 N–H and O–H groups in total. The molecule has 0 radical (unpaired) electrons. The second-order valence-electron chi connectivity index (χ2n) is 4.54. The summed E-state index contributed by atoms with van der Waals surface area (Å²) in [6.07, 6.45) is 2.94. The maximum absolute atomic E-state index is 12.4. The van der Waals surface area contributed by atoms with Crippen LogP contribution in [0.15, 0.2) is 27.8 Å². The van der Waals surface area contributed by atoms with Crippen molar-refractivity contribution in [2.24, 2.45) is 5.92 Å². The van der Waals surface area contributed by atoms with Gasteiger partial charge in [-0.3, -0.25) is 4.98 Å². The van der Waals surface area contributed by atoms with Gasteiger partial charge in [0, 0.05) is 30.0 Å². The smallest absolute Gasteiger partial charge is 0.244 e. The number of aromatic nitrogens is 1. The molecule has 1 fully saturated rings. The Kier molecular flexibility index (Phi) is 4.05. The zero-order valence-corrected chi connectivity index (χ0v) is 12.4. The number of aliphatic hydroxyl groups is 1. The van der Waals surface area contributed by atoms with Crippen LogP contribution in [0.3, 0.4) is 0 Å². The topological polar surface area (TPSA) is 70.5 Å². The number of hydrogen-bond donors (Lipinski definition) is 1. The molecule has 7 heteroatoms. The molecule has 2 rings (SSSR count). The number of sulfonamides is 1. The monoisotopic (exact) mass is 334 g/mol. The molecule has 5 nitrogen and oxygen atoms in total. The molecular weight excluding hydrogens is 320 g/mol. The van der Waals surface area contributed by atoms with E-state index < -0.39 is 16.1 Å². The van der Waals surface area contributed by atoms with Gasteiger partial charge in [-0.1, -0.05) is 6.92 Å². The fraction of sp³-hybridized carbons (Fsp3) is 0.545. The highest BCUT2D eigenvalue weighted by atomic mass is 79.9. The van der Waals surface area contributed by atoms with Crippen molar-refractivity contribution in [3.63, 3.8) is 0 Å². The Morgan fingerprint density at radius 3 is 2.83 bits per heavy atom. The Morgan fingerprint density at radius 1 is 1.50 bits per heavy atom. The summed E-state index contributed by atoms with van der Waals surface area (Å²) in [6, 6.07) is 1.54. The first-order valence-corrected chi connectivity index (χ1v) is 7.93. The number of aliphatic hydroxyl groups excluding tert-OH is 1. The lowest BCUT2D eigenvalue weighted by molar-refractivity contribution is 0.0628. The molecule has 0 aromatic carbocycles. The van der Waals surface area contributed by atoms with E-state index in [4.69, 9.17) is 0 Å². The number of halogens is 1. The first-order valence-electron chi connectivity index (χ1n) is 5.70. The Balaban J connectivity index is 2.27. The van der Waals surface area contributed by atoms with E-state index in [1.165, 1.54) is 16.6 Å². The van der Waals surface area contributed by atoms with E-state index in [1.54, 1.807) is 6.20 Å². The molecule has 0 aliphatic carbocycles. The van der Waals surface area contributed by atoms with Crippen LogP contribution >= 0.6 is 15.9 Å². The Morgan fingerprint density at radius 2 is 2.22 bits per heavy atom. The van der Waals surface area contributed by atoms with Crippen molar-refractivity contribution in [1.29, 1.82) is 0 Å². The molecule has 2 unspecified atom stereocenters. The minimum atomic E-state index is -3.51. The van der Waals surface area contributed by atoms with Gasteiger partial charge in [0.25, 0.3) is 0 Å². The second kappa shape index (κ2) is 5.24. The molecule has 1 saturated heterocycles. The first-order chi connectivity index (χ1) is 8.41. The Bertz CT molecular complexity index is 535. The van der Waals surface area contributed by atoms with E-state index in [0.29, 0.717) is 24.0 Å². The van der Waals surface area contributed by atoms with Crippen LogP contribution in [-0.4, -0.2) is 42.0 Å². The van der Waals surface area contributed by atoms with Gasteiger partial charge in [-0.2, -0.15) is 4.31 Å². The van der Waals surface area contributed by atoms with Gasteiger partial charge < -0.3 is 5.11 Å². The summed E-state index contributed by atoms with van der Waals surface area (Å²) < 4.78 is 26.8. The van der Waals surface area contributed by atoms with E-state index in [0.717, 1.165) is 0 Å². The fourth-order valence-corrected chi connectivity index (χ4v) is 4.06. The van der Waals surface area contributed by atoms with E-state index in [-0.39, 0.29) is 10.8 Å². The highest BCUT2D eigenvalue weighted by molar-refractivity contribution is 9.10. The lowest BCUT2D eigenvalue weighted by Crippen LogP contribution is -2.44. The third-order valence-electron chi connectivity index (χ3n) is 3.14. The van der Waals surface area contributed by atoms with Crippen molar-refractivity contribution in [3.05, 3.63) is 22.9 Å². The number of pyridine rings is 1. The fourth-order valence-electron chi connectivity index (χ4n) is 2.00. The molecule has 1 aliphatic heterocycles. The standard InChI is InChI=1S/C11H15BrN2O3S/c1-8-7-14(3-2-11(8)15)18(16,17)10-4-9(12)5-13-6-10/h4-6,8,11,15H,2-3,7H2,1H3. The lowest BCUT2D eigenvalue weighted by Gasteiger charge is -2.33. The molecule has 0 amide bonds. The summed E-state index contributed by atoms with van der Waals surface area (Å²) in [5.74, 6) is -0.0476. The van der Waals surface area contributed by atoms with Crippen LogP contribution in [0.2, 0.25) is 0 Å². The van der Waals surface area contributed by atoms with Crippen molar-refractivity contribution in [2.45, 2.75) is 24.3 Å². The van der Waals surface area contributed by atoms with Crippen molar-refractivity contribution in [1.82, 2.24) is 9.29 Å². The average molecular weight is 335 g/mol. The molecular formula is C11H15BrN2O3S. The minimum absolute atomic E-state index is 0.0476. The summed E-state index contributed by atoms with van der Waals surface area (Å²) in [5, 5.41) is 9.63. The quantitative estimate of drug-likeness (QED) is 0.883. The molecule has 2 heterocycles. The molecule has 18 heavy (non-hydrogen) atoms. The largest absolute Gasteiger partial charge is 0.393 e. The van der Waals surface area contributed by atoms with E-state index >= 15 is 0 Å². The Hall–Kier alpha value is -0.500. The van der Waals surface area contributed by atoms with Crippen LogP contribution in [0, 0.1) is 5.92 Å². The highest BCUT2D eigenvalue weighted by Gasteiger charge is 2.32. The average Bonchev–Trinajstić information content (AvgIpc) is 2.32. The van der Waals surface area contributed by atoms with E-state index in [2.05, 4.69) is 20.9 Å². The predicted octanol–water partition coefficient (Wildman–Crippen LogP) is 1.24. The van der Waals surface area contributed by atoms with Crippen molar-refractivity contribution >= 4 is 26.0 Å². The van der Waals surface area contributed by atoms with E-state index in [9.17, 15) is 13.5 Å². The first kappa shape index (κ1) is 13.9. The van der Waals surface area contributed by atoms with Gasteiger partial charge in [0.05, 0.1) is 6.10 Å². The molecule has 100 valence electrons. The maximum Gasteiger partial charge on any atom is 0.244 e. The molecule has 1 aromatic rings. The number of nitrogens with zero attached hydrogens (tertiary/aromatic N) is 2. The van der Waals surface area contributed by atoms with Crippen LogP contribution in [0.5, 0.6) is 0 Å². The van der Waals surface area contributed by atoms with Crippen LogP contribution in [0.4, 0.5) is 0 Å². The zero-order valence-electron chi connectivity index (χ0n) is 9.95. The number of piperidine rings is 1. The molecule has 1 aliphatic rings. The Labute approximate surface area is 115 Å². The van der Waals surface area contributed by atoms with Gasteiger partial charge >= 0.3 is 0 Å². The van der Waals surface area contributed by atoms with Gasteiger partial charge in [-0.15, -0.1) is 0 Å². The number of hydrogen-bond acceptors (Lipinski definition) is 4. The summed E-state index contributed by atoms with van der Waals surface area (Å²) in [5.41, 5.74) is 0. The normalized spacial score (nSPS) is 26.2. The van der Waals surface area contributed by atoms with Crippen LogP contribution < -0.4 is 0 Å². The minimum Gasteiger partial charge on any atom is -0.393 e. The van der Waals surface area contributed by atoms with E-state index in [1.807, 2.05) is 6.92 Å². The second-order valence-corrected chi connectivity index (χ2v) is 7.39. The van der Waals surface area contributed by atoms with Gasteiger partial charge in [-0.05, 0) is 34.3 Å². The lowest BCUT2D eigenvalue weighted by atomic mass is 9.99. The molecule has 0 saturated carbocycles. The summed E-state index contributed by atoms with van der Waals surface area (Å²) in [6.45, 7) is 2.54. The van der Waals surface area contributed by atoms with Crippen molar-refractivity contribution < 1.29 is 13.5 Å². The van der Waals surface area contributed by atoms with Gasteiger partial charge in [0.1, 0.15) is 4.90 Å². The summed E-state index contributed by atoms with van der Waals surface area (Å²) >= 11 is 3.21. The molecule has 0 bridgehead atoms. The third-order valence-corrected chi connectivity index (χ3v) is 5.40. The predicted molar refractivity (Wildman–Crippen MR) is 70.5 cm³/mol. The van der Waals surface area contributed by atoms with Crippen molar-refractivity contribution in [2.75, 3.05) is 13.1 Å². The zero-order chi connectivity index (χ0) is 13.3. The van der Waals surface area contributed by atoms with Gasteiger partial charge in [0.15, 0.2) is 0 Å². The van der Waals surface area contributed by atoms with Crippen LogP contribution in [0.1, 0.15) is 13.3 Å². The third kappa shape index (κ3) is 2.74. The van der Waals surface area contributed by atoms with Gasteiger partial charge in [-0.25, -0.2) is 8.42 Å². The van der Waals surface area contributed by atoms with Crippen LogP contribution in [0.25, 0.3) is 0 Å². The molecule has 1 aromatic heterocycles. The molecule has 2 atom stereocenters. The maximum atomic E-state index is 12.4. The van der Waals surface area contributed by atoms with Gasteiger partial charge in [0.2, 0.25) is 10.0 Å². The highest BCUT2D eigenvalue weighted by Crippen LogP contribution is 2.24. The summed E-state index contributed by atoms with van der Waals surface area (Å²) in [7, 11) is -3.51. The SMILES string of the molecule is CC1CN(S(=O)(=O)c2cncc(Br)c2)CCC1O. The van der Waals surface area contributed by atoms with Crippen LogP contribution in [-0.2, 0) is 10.0 Å². The van der Waals surface area contributed by atoms with Crippen molar-refractivity contribution in [3.8, 4) is 0 Å².